The first-order valence-corrected chi connectivity index (χ1v) is 32.8. The van der Waals surface area contributed by atoms with Crippen molar-refractivity contribution in [2.75, 3.05) is 92.4 Å². The van der Waals surface area contributed by atoms with Gasteiger partial charge in [0, 0.05) is 47.2 Å². The normalized spacial score (nSPS) is 15.1. The topological polar surface area (TPSA) is 389 Å². The van der Waals surface area contributed by atoms with Crippen molar-refractivity contribution in [3.05, 3.63) is 189 Å². The maximum atomic E-state index is 14.8. The fourth-order valence-electron chi connectivity index (χ4n) is 12.1. The first kappa shape index (κ1) is 85.0. The molecule has 7 atom stereocenters. The van der Waals surface area contributed by atoms with Crippen LogP contribution in [-0.4, -0.2) is 173 Å². The lowest BCUT2D eigenvalue weighted by molar-refractivity contribution is -0.145. The number of nitrogens with two attached hydrogens (primary N) is 1. The number of methoxy groups -OCH3 is 13. The van der Waals surface area contributed by atoms with Gasteiger partial charge in [-0.25, -0.2) is 14.4 Å². The number of aliphatic hydroxyl groups excluding tert-OH is 2. The van der Waals surface area contributed by atoms with Crippen molar-refractivity contribution in [3.63, 3.8) is 0 Å². The number of ether oxygens (including phenoxy) is 15. The van der Waals surface area contributed by atoms with E-state index in [-0.39, 0.29) is 50.0 Å². The molecule has 7 aromatic rings. The molecule has 29 nitrogen and oxygen atoms in total. The molecule has 0 saturated heterocycles. The number of carboxylic acids is 2. The molecule has 7 aromatic carbocycles. The summed E-state index contributed by atoms with van der Waals surface area (Å²) in [6.45, 7) is -0.654. The zero-order valence-corrected chi connectivity index (χ0v) is 62.4. The van der Waals surface area contributed by atoms with E-state index in [9.17, 15) is 48.9 Å². The monoisotopic (exact) mass is 1520 g/mol. The SMILES string of the molecule is COC(=O)C(Cc1ccc(OC)c(OC)c1)NC(=O)/C=C/c1ccc(OC)c2c1[C@H](C(=O)NC(Cc1ccc(OC)c(OC)c1)C(=O)OC)C(c1ccc(OC)c(CO)c1)O2.COC(=O)C(N)Cc1ccc(OC)c(OC)c1.COc1ccc(C2Oc3c(OC)ccc(/C=C/C(=O)O)c3[C@@H]2C(=O)O)cc1CO.Cl. The summed E-state index contributed by atoms with van der Waals surface area (Å²) in [4.78, 5) is 88.8. The molecule has 9 rings (SSSR count). The predicted molar refractivity (Wildman–Crippen MR) is 394 cm³/mol. The molecule has 0 radical (unpaired) electrons. The quantitative estimate of drug-likeness (QED) is 0.0123. The van der Waals surface area contributed by atoms with Crippen LogP contribution in [-0.2, 0) is 80.2 Å². The van der Waals surface area contributed by atoms with Gasteiger partial charge in [-0.15, -0.1) is 12.4 Å². The highest BCUT2D eigenvalue weighted by molar-refractivity contribution is 5.97. The van der Waals surface area contributed by atoms with Crippen molar-refractivity contribution in [3.8, 4) is 69.0 Å². The number of aliphatic carboxylic acids is 2. The van der Waals surface area contributed by atoms with Gasteiger partial charge in [-0.2, -0.15) is 0 Å². The minimum atomic E-state index is -1.17. The Morgan fingerprint density at radius 2 is 0.778 bits per heavy atom. The number of esters is 3. The fourth-order valence-corrected chi connectivity index (χ4v) is 12.1. The van der Waals surface area contributed by atoms with Gasteiger partial charge in [0.05, 0.1) is 106 Å². The van der Waals surface area contributed by atoms with Crippen LogP contribution in [0.3, 0.4) is 0 Å². The Balaban J connectivity index is 0.000000317. The third-order valence-electron chi connectivity index (χ3n) is 17.3. The van der Waals surface area contributed by atoms with E-state index in [0.717, 1.165) is 11.6 Å². The van der Waals surface area contributed by atoms with Crippen molar-refractivity contribution < 1.29 is 125 Å². The summed E-state index contributed by atoms with van der Waals surface area (Å²) in [7, 11) is 18.7. The maximum Gasteiger partial charge on any atom is 0.328 e. The molecular weight excluding hydrogens is 1430 g/mol. The molecule has 8 N–H and O–H groups in total. The highest BCUT2D eigenvalue weighted by Crippen LogP contribution is 2.54. The lowest BCUT2D eigenvalue weighted by Crippen LogP contribution is -2.45. The van der Waals surface area contributed by atoms with Crippen LogP contribution in [0.5, 0.6) is 69.0 Å². The standard InChI is InChI=1S/C45H50N2O14.C21H20O8.C12H17NO4.ClH/c1-53-32-16-12-28(23-29(32)24-48)41-40(43(50)47-31(45(52)60-8)20-26-10-15-34(55-3)37(22-26)58-6)39-27(11-17-35(56-4)42(39)61-41)13-18-38(49)46-30(44(51)59-7)19-25-9-14-33(54-2)36(21-25)57-5;1-27-14-6-4-12(9-13(14)10-22)19-18(21(25)26)17-11(5-8-16(23)24)3-7-15(28-2)20(17)29-19;1-15-10-5-4-8(7-11(10)16-2)6-9(13)12(14)17-3;/h9-18,21-23,30-31,40-41,48H,19-20,24H2,1-8H3,(H,46,49)(H,47,50);3-9,18-19,22H,10H2,1-2H3,(H,23,24)(H,25,26);4-5,7,9H,6,13H2,1-3H3;1H/b18-13+;8-5+;;/t30?,31?,40-,41?;18-,19?;;/m00../s1. The van der Waals surface area contributed by atoms with Crippen molar-refractivity contribution in [2.24, 2.45) is 5.73 Å². The second kappa shape index (κ2) is 40.5. The summed E-state index contributed by atoms with van der Waals surface area (Å²) in [5.74, 6) is -2.50. The first-order chi connectivity index (χ1) is 51.5. The molecule has 30 heteroatoms. The van der Waals surface area contributed by atoms with Gasteiger partial charge in [0.25, 0.3) is 0 Å². The van der Waals surface area contributed by atoms with Gasteiger partial charge >= 0.3 is 29.8 Å². The Bertz CT molecular complexity index is 4390. The third-order valence-corrected chi connectivity index (χ3v) is 17.3. The average Bonchev–Trinajstić information content (AvgIpc) is 1.60. The molecule has 0 saturated carbocycles. The number of halogens is 1. The van der Waals surface area contributed by atoms with E-state index in [1.54, 1.807) is 123 Å². The second-order valence-electron chi connectivity index (χ2n) is 23.5. The number of fused-ring (bicyclic) bond motifs is 2. The number of hydrogen-bond acceptors (Lipinski definition) is 25. The molecule has 2 aliphatic rings. The van der Waals surface area contributed by atoms with Crippen molar-refractivity contribution in [1.82, 2.24) is 10.6 Å². The number of carbonyl (C=O) groups is 7. The van der Waals surface area contributed by atoms with Gasteiger partial charge < -0.3 is 108 Å². The zero-order valence-electron chi connectivity index (χ0n) is 61.6. The largest absolute Gasteiger partial charge is 0.496 e. The van der Waals surface area contributed by atoms with E-state index in [1.807, 2.05) is 6.07 Å². The van der Waals surface area contributed by atoms with Crippen LogP contribution in [0, 0.1) is 0 Å². The van der Waals surface area contributed by atoms with Gasteiger partial charge in [-0.1, -0.05) is 42.5 Å². The molecule has 2 heterocycles. The Kier molecular flexibility index (Phi) is 31.9. The average molecular weight is 1520 g/mol. The van der Waals surface area contributed by atoms with Crippen LogP contribution in [0.4, 0.5) is 0 Å². The molecule has 578 valence electrons. The molecule has 0 aromatic heterocycles. The molecule has 0 fully saturated rings. The number of amides is 2. The van der Waals surface area contributed by atoms with Crippen LogP contribution in [0.15, 0.2) is 127 Å². The van der Waals surface area contributed by atoms with Crippen LogP contribution >= 0.6 is 12.4 Å². The summed E-state index contributed by atoms with van der Waals surface area (Å²) in [5.41, 5.74) is 11.3. The Morgan fingerprint density at radius 3 is 1.15 bits per heavy atom. The Labute approximate surface area is 629 Å². The molecule has 0 spiro atoms. The van der Waals surface area contributed by atoms with E-state index in [1.165, 1.54) is 96.4 Å². The smallest absolute Gasteiger partial charge is 0.328 e. The number of nitrogens with one attached hydrogen (secondary N) is 2. The van der Waals surface area contributed by atoms with Gasteiger partial charge in [-0.05, 0) is 130 Å². The van der Waals surface area contributed by atoms with E-state index in [2.05, 4.69) is 15.4 Å². The van der Waals surface area contributed by atoms with Gasteiger partial charge in [0.2, 0.25) is 11.8 Å². The molecule has 0 aliphatic carbocycles. The highest BCUT2D eigenvalue weighted by Gasteiger charge is 2.46. The van der Waals surface area contributed by atoms with Crippen molar-refractivity contribution in [1.29, 1.82) is 0 Å². The number of benzene rings is 7. The Morgan fingerprint density at radius 1 is 0.426 bits per heavy atom. The highest BCUT2D eigenvalue weighted by atomic mass is 35.5. The fraction of sp³-hybridized carbons (Fsp3) is 0.321. The number of carbonyl (C=O) groups excluding carboxylic acids is 5. The Hall–Kier alpha value is -11.9. The van der Waals surface area contributed by atoms with Gasteiger partial charge in [0.15, 0.2) is 57.5 Å². The van der Waals surface area contributed by atoms with Crippen LogP contribution < -0.4 is 73.2 Å². The summed E-state index contributed by atoms with van der Waals surface area (Å²) < 4.78 is 80.7. The number of hydrogen-bond donors (Lipinski definition) is 7. The number of carboxylic acid groups (broad SMARTS) is 2. The summed E-state index contributed by atoms with van der Waals surface area (Å²) in [6.07, 6.45) is 3.55. The maximum absolute atomic E-state index is 14.8. The zero-order chi connectivity index (χ0) is 78.2. The molecule has 108 heavy (non-hydrogen) atoms. The van der Waals surface area contributed by atoms with Crippen LogP contribution in [0.25, 0.3) is 12.2 Å². The molecule has 2 aliphatic heterocycles. The van der Waals surface area contributed by atoms with Crippen LogP contribution in [0.2, 0.25) is 0 Å². The third kappa shape index (κ3) is 20.6. The minimum Gasteiger partial charge on any atom is -0.496 e. The number of aliphatic hydroxyl groups is 2. The van der Waals surface area contributed by atoms with Crippen LogP contribution in [0.1, 0.15) is 85.2 Å². The lowest BCUT2D eigenvalue weighted by atomic mass is 9.86. The van der Waals surface area contributed by atoms with Gasteiger partial charge in [-0.3, -0.25) is 19.2 Å². The molecule has 0 bridgehead atoms. The molecule has 5 unspecified atom stereocenters. The minimum absolute atomic E-state index is 0. The number of rotatable bonds is 31. The molecular formula is C78H88ClN3O26. The predicted octanol–water partition coefficient (Wildman–Crippen LogP) is 8.03. The first-order valence-electron chi connectivity index (χ1n) is 32.8. The van der Waals surface area contributed by atoms with E-state index in [4.69, 9.17) is 77.2 Å². The lowest BCUT2D eigenvalue weighted by Gasteiger charge is -2.24. The molecule has 2 amide bonds. The van der Waals surface area contributed by atoms with Crippen molar-refractivity contribution in [2.45, 2.75) is 74.6 Å². The van der Waals surface area contributed by atoms with Gasteiger partial charge in [0.1, 0.15) is 53.7 Å². The van der Waals surface area contributed by atoms with Crippen molar-refractivity contribution >= 4 is 66.2 Å². The summed E-state index contributed by atoms with van der Waals surface area (Å²) in [6, 6.07) is 29.2. The summed E-state index contributed by atoms with van der Waals surface area (Å²) in [5, 5.41) is 44.3. The van der Waals surface area contributed by atoms with E-state index >= 15 is 0 Å². The summed E-state index contributed by atoms with van der Waals surface area (Å²) >= 11 is 0. The van der Waals surface area contributed by atoms with E-state index < -0.39 is 83.8 Å². The second-order valence-corrected chi connectivity index (χ2v) is 23.5. The van der Waals surface area contributed by atoms with E-state index in [0.29, 0.717) is 120 Å².